The van der Waals surface area contributed by atoms with Gasteiger partial charge in [0.25, 0.3) is 11.8 Å². The highest BCUT2D eigenvalue weighted by molar-refractivity contribution is 6.34. The molecule has 3 aromatic carbocycles. The van der Waals surface area contributed by atoms with Gasteiger partial charge in [-0.1, -0.05) is 41.9 Å². The molecule has 1 heterocycles. The van der Waals surface area contributed by atoms with Crippen molar-refractivity contribution in [3.63, 3.8) is 0 Å². The van der Waals surface area contributed by atoms with Gasteiger partial charge in [0, 0.05) is 5.69 Å². The van der Waals surface area contributed by atoms with Crippen molar-refractivity contribution < 1.29 is 14.3 Å². The van der Waals surface area contributed by atoms with Gasteiger partial charge in [0.1, 0.15) is 17.1 Å². The van der Waals surface area contributed by atoms with Gasteiger partial charge >= 0.3 is 0 Å². The highest BCUT2D eigenvalue weighted by atomic mass is 35.5. The van der Waals surface area contributed by atoms with Gasteiger partial charge in [-0.2, -0.15) is 5.10 Å². The Morgan fingerprint density at radius 3 is 2.24 bits per heavy atom. The number of carbonyl (C=O) groups is 2. The molecule has 0 spiro atoms. The lowest BCUT2D eigenvalue weighted by atomic mass is 10.2. The Labute approximate surface area is 196 Å². The second kappa shape index (κ2) is 10.0. The van der Waals surface area contributed by atoms with E-state index < -0.39 is 11.8 Å². The Kier molecular flexibility index (Phi) is 6.71. The number of aromatic nitrogens is 2. The fraction of sp³-hybridized carbons (Fsp3) is 0.0800. The number of nitrogens with zero attached hydrogens (tertiary/aromatic N) is 2. The zero-order valence-electron chi connectivity index (χ0n) is 17.8. The SMILES string of the molecule is CCOc1ccc(NC(=O)c2cnn(-c3ccccc3)c2NC(=O)c2ccccc2Cl)cc1. The zero-order chi connectivity index (χ0) is 23.2. The van der Waals surface area contributed by atoms with Crippen molar-refractivity contribution in [2.24, 2.45) is 0 Å². The summed E-state index contributed by atoms with van der Waals surface area (Å²) >= 11 is 6.19. The standard InChI is InChI=1S/C25H21ClN4O3/c1-2-33-19-14-12-17(13-15-19)28-25(32)21-16-27-30(18-8-4-3-5-9-18)23(21)29-24(31)20-10-6-7-11-22(20)26/h3-16H,2H2,1H3,(H,28,32)(H,29,31). The van der Waals surface area contributed by atoms with Gasteiger partial charge in [0.05, 0.1) is 29.1 Å². The molecule has 0 aliphatic heterocycles. The van der Waals surface area contributed by atoms with Gasteiger partial charge in [-0.25, -0.2) is 4.68 Å². The maximum absolute atomic E-state index is 13.1. The molecule has 2 N–H and O–H groups in total. The first-order valence-corrected chi connectivity index (χ1v) is 10.7. The fourth-order valence-electron chi connectivity index (χ4n) is 3.22. The van der Waals surface area contributed by atoms with Crippen LogP contribution in [0.2, 0.25) is 5.02 Å². The molecule has 33 heavy (non-hydrogen) atoms. The summed E-state index contributed by atoms with van der Waals surface area (Å²) in [6, 6.07) is 22.9. The first-order valence-electron chi connectivity index (χ1n) is 10.3. The molecule has 4 rings (SSSR count). The molecule has 166 valence electrons. The molecule has 0 fully saturated rings. The van der Waals surface area contributed by atoms with Crippen molar-refractivity contribution in [3.05, 3.63) is 101 Å². The molecule has 0 radical (unpaired) electrons. The normalized spacial score (nSPS) is 10.5. The Bertz CT molecular complexity index is 1270. The van der Waals surface area contributed by atoms with Crippen LogP contribution in [0.3, 0.4) is 0 Å². The first kappa shape index (κ1) is 22.1. The van der Waals surface area contributed by atoms with Crippen LogP contribution < -0.4 is 15.4 Å². The van der Waals surface area contributed by atoms with Gasteiger partial charge in [0.2, 0.25) is 0 Å². The molecular weight excluding hydrogens is 440 g/mol. The second-order valence-corrected chi connectivity index (χ2v) is 7.41. The average molecular weight is 461 g/mol. The number of carbonyl (C=O) groups excluding carboxylic acids is 2. The maximum atomic E-state index is 13.1. The highest BCUT2D eigenvalue weighted by Crippen LogP contribution is 2.24. The molecule has 0 aliphatic carbocycles. The van der Waals surface area contributed by atoms with Crippen LogP contribution in [-0.4, -0.2) is 28.2 Å². The minimum atomic E-state index is -0.451. The quantitative estimate of drug-likeness (QED) is 0.385. The van der Waals surface area contributed by atoms with Gasteiger partial charge in [0.15, 0.2) is 0 Å². The molecule has 0 unspecified atom stereocenters. The van der Waals surface area contributed by atoms with Crippen LogP contribution in [0.25, 0.3) is 5.69 Å². The molecular formula is C25H21ClN4O3. The molecule has 0 bridgehead atoms. The van der Waals surface area contributed by atoms with E-state index in [4.69, 9.17) is 16.3 Å². The molecule has 0 saturated heterocycles. The molecule has 7 nitrogen and oxygen atoms in total. The monoisotopic (exact) mass is 460 g/mol. The predicted molar refractivity (Wildman–Crippen MR) is 129 cm³/mol. The molecule has 1 aromatic heterocycles. The summed E-state index contributed by atoms with van der Waals surface area (Å²) in [6.07, 6.45) is 1.42. The number of nitrogens with one attached hydrogen (secondary N) is 2. The number of benzene rings is 3. The van der Waals surface area contributed by atoms with Crippen molar-refractivity contribution in [2.75, 3.05) is 17.2 Å². The number of para-hydroxylation sites is 1. The Hall–Kier alpha value is -4.10. The van der Waals surface area contributed by atoms with Gasteiger partial charge in [-0.3, -0.25) is 9.59 Å². The number of hydrogen-bond acceptors (Lipinski definition) is 4. The molecule has 0 saturated carbocycles. The van der Waals surface area contributed by atoms with E-state index in [2.05, 4.69) is 15.7 Å². The summed E-state index contributed by atoms with van der Waals surface area (Å²) in [5.41, 5.74) is 1.76. The molecule has 4 aromatic rings. The smallest absolute Gasteiger partial charge is 0.261 e. The van der Waals surface area contributed by atoms with E-state index in [1.807, 2.05) is 37.3 Å². The third kappa shape index (κ3) is 5.05. The number of amides is 2. The van der Waals surface area contributed by atoms with Crippen LogP contribution in [0, 0.1) is 0 Å². The molecule has 0 atom stereocenters. The zero-order valence-corrected chi connectivity index (χ0v) is 18.5. The summed E-state index contributed by atoms with van der Waals surface area (Å²) in [5, 5.41) is 10.3. The summed E-state index contributed by atoms with van der Waals surface area (Å²) in [5.74, 6) is 0.0684. The van der Waals surface area contributed by atoms with E-state index in [9.17, 15) is 9.59 Å². The van der Waals surface area contributed by atoms with Crippen LogP contribution in [0.4, 0.5) is 11.5 Å². The first-order chi connectivity index (χ1) is 16.1. The van der Waals surface area contributed by atoms with Crippen LogP contribution in [0.15, 0.2) is 85.1 Å². The van der Waals surface area contributed by atoms with E-state index in [-0.39, 0.29) is 16.9 Å². The topological polar surface area (TPSA) is 85.2 Å². The molecule has 0 aliphatic rings. The fourth-order valence-corrected chi connectivity index (χ4v) is 3.44. The van der Waals surface area contributed by atoms with Crippen molar-refractivity contribution in [1.82, 2.24) is 9.78 Å². The summed E-state index contributed by atoms with van der Waals surface area (Å²) in [6.45, 7) is 2.46. The summed E-state index contributed by atoms with van der Waals surface area (Å²) < 4.78 is 6.93. The lowest BCUT2D eigenvalue weighted by molar-refractivity contribution is 0.102. The predicted octanol–water partition coefficient (Wildman–Crippen LogP) is 5.43. The third-order valence-corrected chi connectivity index (χ3v) is 5.12. The molecule has 8 heteroatoms. The van der Waals surface area contributed by atoms with Crippen molar-refractivity contribution >= 4 is 34.9 Å². The Balaban J connectivity index is 1.66. The van der Waals surface area contributed by atoms with Crippen LogP contribution >= 0.6 is 11.6 Å². The van der Waals surface area contributed by atoms with Crippen LogP contribution in [-0.2, 0) is 0 Å². The van der Waals surface area contributed by atoms with E-state index in [1.54, 1.807) is 48.5 Å². The lowest BCUT2D eigenvalue weighted by Crippen LogP contribution is -2.20. The maximum Gasteiger partial charge on any atom is 0.261 e. The summed E-state index contributed by atoms with van der Waals surface area (Å²) in [7, 11) is 0. The third-order valence-electron chi connectivity index (χ3n) is 4.79. The minimum absolute atomic E-state index is 0.202. The number of halogens is 1. The van der Waals surface area contributed by atoms with Crippen molar-refractivity contribution in [1.29, 1.82) is 0 Å². The van der Waals surface area contributed by atoms with Crippen LogP contribution in [0.5, 0.6) is 5.75 Å². The van der Waals surface area contributed by atoms with Gasteiger partial charge < -0.3 is 15.4 Å². The van der Waals surface area contributed by atoms with E-state index in [0.29, 0.717) is 28.8 Å². The average Bonchev–Trinajstić information content (AvgIpc) is 3.25. The Morgan fingerprint density at radius 2 is 1.55 bits per heavy atom. The number of ether oxygens (including phenoxy) is 1. The number of anilines is 2. The minimum Gasteiger partial charge on any atom is -0.494 e. The van der Waals surface area contributed by atoms with Crippen molar-refractivity contribution in [2.45, 2.75) is 6.92 Å². The van der Waals surface area contributed by atoms with Crippen molar-refractivity contribution in [3.8, 4) is 11.4 Å². The molecule has 2 amide bonds. The number of rotatable bonds is 7. The number of hydrogen-bond donors (Lipinski definition) is 2. The van der Waals surface area contributed by atoms with E-state index >= 15 is 0 Å². The van der Waals surface area contributed by atoms with E-state index in [1.165, 1.54) is 10.9 Å². The second-order valence-electron chi connectivity index (χ2n) is 7.00. The largest absolute Gasteiger partial charge is 0.494 e. The van der Waals surface area contributed by atoms with Gasteiger partial charge in [-0.15, -0.1) is 0 Å². The summed E-state index contributed by atoms with van der Waals surface area (Å²) in [4.78, 5) is 26.1. The highest BCUT2D eigenvalue weighted by Gasteiger charge is 2.22. The lowest BCUT2D eigenvalue weighted by Gasteiger charge is -2.12. The van der Waals surface area contributed by atoms with E-state index in [0.717, 1.165) is 0 Å². The van der Waals surface area contributed by atoms with Gasteiger partial charge in [-0.05, 0) is 55.5 Å². The van der Waals surface area contributed by atoms with Crippen LogP contribution in [0.1, 0.15) is 27.6 Å². The Morgan fingerprint density at radius 1 is 0.879 bits per heavy atom.